The van der Waals surface area contributed by atoms with Gasteiger partial charge in [-0.05, 0) is 41.8 Å². The lowest BCUT2D eigenvalue weighted by atomic mass is 10.1. The van der Waals surface area contributed by atoms with Crippen LogP contribution in [-0.2, 0) is 17.8 Å². The molecule has 6 heteroatoms. The maximum absolute atomic E-state index is 13.2. The maximum atomic E-state index is 13.2. The Bertz CT molecular complexity index is 746. The van der Waals surface area contributed by atoms with E-state index in [1.54, 1.807) is 13.1 Å². The summed E-state index contributed by atoms with van der Waals surface area (Å²) >= 11 is 0. The summed E-state index contributed by atoms with van der Waals surface area (Å²) in [4.78, 5) is 16.1. The summed E-state index contributed by atoms with van der Waals surface area (Å²) in [5.41, 5.74) is 2.73. The molecule has 25 heavy (non-hydrogen) atoms. The number of carbonyl (C=O) groups excluding carboxylic acids is 1. The second-order valence-corrected chi connectivity index (χ2v) is 5.51. The average Bonchev–Trinajstić information content (AvgIpc) is 2.62. The van der Waals surface area contributed by atoms with Gasteiger partial charge in [-0.3, -0.25) is 9.79 Å². The molecule has 0 atom stereocenters. The minimum atomic E-state index is -0.282. The number of aryl methyl sites for hydroxylation is 1. The Balaban J connectivity index is 1.80. The van der Waals surface area contributed by atoms with Gasteiger partial charge in [0.2, 0.25) is 5.91 Å². The molecule has 2 aromatic carbocycles. The number of benzene rings is 2. The molecule has 0 aliphatic heterocycles. The van der Waals surface area contributed by atoms with Gasteiger partial charge in [-0.15, -0.1) is 0 Å². The average molecular weight is 342 g/mol. The fourth-order valence-electron chi connectivity index (χ4n) is 2.29. The molecule has 3 N–H and O–H groups in total. The lowest BCUT2D eigenvalue weighted by molar-refractivity contribution is -0.115. The van der Waals surface area contributed by atoms with Crippen LogP contribution in [0.25, 0.3) is 0 Å². The molecule has 5 nitrogen and oxygen atoms in total. The van der Waals surface area contributed by atoms with Crippen LogP contribution >= 0.6 is 0 Å². The number of hydrogen-bond donors (Lipinski definition) is 3. The van der Waals surface area contributed by atoms with Crippen molar-refractivity contribution in [3.63, 3.8) is 0 Å². The summed E-state index contributed by atoms with van der Waals surface area (Å²) in [6.07, 6.45) is 0.915. The zero-order valence-corrected chi connectivity index (χ0v) is 14.5. The first-order valence-electron chi connectivity index (χ1n) is 8.18. The molecule has 0 aromatic heterocycles. The monoisotopic (exact) mass is 342 g/mol. The zero-order chi connectivity index (χ0) is 18.1. The first-order chi connectivity index (χ1) is 12.1. The van der Waals surface area contributed by atoms with Crippen molar-refractivity contribution < 1.29 is 9.18 Å². The van der Waals surface area contributed by atoms with Crippen molar-refractivity contribution in [3.05, 3.63) is 65.5 Å². The summed E-state index contributed by atoms with van der Waals surface area (Å²) in [6, 6.07) is 14.1. The highest BCUT2D eigenvalue weighted by atomic mass is 19.1. The molecule has 2 rings (SSSR count). The van der Waals surface area contributed by atoms with E-state index >= 15 is 0 Å². The van der Waals surface area contributed by atoms with Crippen LogP contribution in [0.3, 0.4) is 0 Å². The first-order valence-corrected chi connectivity index (χ1v) is 8.18. The van der Waals surface area contributed by atoms with E-state index in [9.17, 15) is 9.18 Å². The second-order valence-electron chi connectivity index (χ2n) is 5.51. The summed E-state index contributed by atoms with van der Waals surface area (Å²) in [7, 11) is 1.61. The zero-order valence-electron chi connectivity index (χ0n) is 14.5. The van der Waals surface area contributed by atoms with Crippen molar-refractivity contribution in [1.29, 1.82) is 0 Å². The normalized spacial score (nSPS) is 11.1. The molecule has 0 heterocycles. The quantitative estimate of drug-likeness (QED) is 0.559. The second kappa shape index (κ2) is 9.42. The van der Waals surface area contributed by atoms with Gasteiger partial charge in [0.15, 0.2) is 5.96 Å². The van der Waals surface area contributed by atoms with Crippen molar-refractivity contribution in [2.45, 2.75) is 19.9 Å². The van der Waals surface area contributed by atoms with Crippen LogP contribution in [-0.4, -0.2) is 25.5 Å². The minimum absolute atomic E-state index is 0.0825. The van der Waals surface area contributed by atoms with Gasteiger partial charge in [-0.25, -0.2) is 4.39 Å². The van der Waals surface area contributed by atoms with Crippen molar-refractivity contribution in [2.75, 3.05) is 18.9 Å². The van der Waals surface area contributed by atoms with E-state index < -0.39 is 0 Å². The van der Waals surface area contributed by atoms with Gasteiger partial charge < -0.3 is 16.0 Å². The molecular formula is C19H23FN4O. The molecule has 0 aliphatic rings. The third kappa shape index (κ3) is 6.25. The van der Waals surface area contributed by atoms with Crippen LogP contribution in [0.5, 0.6) is 0 Å². The van der Waals surface area contributed by atoms with Gasteiger partial charge in [0.1, 0.15) is 5.82 Å². The van der Waals surface area contributed by atoms with E-state index in [-0.39, 0.29) is 18.3 Å². The highest BCUT2D eigenvalue weighted by Crippen LogP contribution is 2.10. The number of nitrogens with one attached hydrogen (secondary N) is 3. The molecule has 0 saturated heterocycles. The van der Waals surface area contributed by atoms with E-state index in [4.69, 9.17) is 0 Å². The van der Waals surface area contributed by atoms with Crippen molar-refractivity contribution in [2.24, 2.45) is 4.99 Å². The van der Waals surface area contributed by atoms with Gasteiger partial charge >= 0.3 is 0 Å². The number of hydrogen-bond acceptors (Lipinski definition) is 2. The molecule has 2 aromatic rings. The summed E-state index contributed by atoms with van der Waals surface area (Å²) in [5, 5.41) is 8.82. The van der Waals surface area contributed by atoms with Crippen LogP contribution in [0.1, 0.15) is 18.1 Å². The third-order valence-electron chi connectivity index (χ3n) is 3.61. The van der Waals surface area contributed by atoms with Crippen LogP contribution in [0.2, 0.25) is 0 Å². The number of aliphatic imine (C=N–C) groups is 1. The van der Waals surface area contributed by atoms with Gasteiger partial charge in [-0.2, -0.15) is 0 Å². The SMILES string of the molecule is CCc1cccc(NC(=O)CNC(=NC)NCc2cccc(F)c2)c1. The minimum Gasteiger partial charge on any atom is -0.352 e. The largest absolute Gasteiger partial charge is 0.352 e. The smallest absolute Gasteiger partial charge is 0.243 e. The van der Waals surface area contributed by atoms with Crippen molar-refractivity contribution >= 4 is 17.6 Å². The summed E-state index contributed by atoms with van der Waals surface area (Å²) < 4.78 is 13.2. The molecule has 132 valence electrons. The maximum Gasteiger partial charge on any atom is 0.243 e. The highest BCUT2D eigenvalue weighted by molar-refractivity contribution is 5.95. The summed E-state index contributed by atoms with van der Waals surface area (Å²) in [5.74, 6) is 0.0274. The van der Waals surface area contributed by atoms with Gasteiger partial charge in [0.25, 0.3) is 0 Å². The van der Waals surface area contributed by atoms with Crippen LogP contribution < -0.4 is 16.0 Å². The molecule has 1 amide bonds. The summed E-state index contributed by atoms with van der Waals surface area (Å²) in [6.45, 7) is 2.56. The van der Waals surface area contributed by atoms with Crippen molar-refractivity contribution in [3.8, 4) is 0 Å². The Kier molecular flexibility index (Phi) is 6.95. The molecule has 0 unspecified atom stereocenters. The lowest BCUT2D eigenvalue weighted by Gasteiger charge is -2.12. The van der Waals surface area contributed by atoms with E-state index in [0.717, 1.165) is 17.7 Å². The number of anilines is 1. The highest BCUT2D eigenvalue weighted by Gasteiger charge is 2.05. The lowest BCUT2D eigenvalue weighted by Crippen LogP contribution is -2.41. The van der Waals surface area contributed by atoms with Gasteiger partial charge in [0, 0.05) is 19.3 Å². The van der Waals surface area contributed by atoms with E-state index in [2.05, 4.69) is 27.9 Å². The number of guanidine groups is 1. The standard InChI is InChI=1S/C19H23FN4O/c1-3-14-6-5-9-17(11-14)24-18(25)13-23-19(21-2)22-12-15-7-4-8-16(20)10-15/h4-11H,3,12-13H2,1-2H3,(H,24,25)(H2,21,22,23). The van der Waals surface area contributed by atoms with Crippen LogP contribution in [0, 0.1) is 5.82 Å². The number of nitrogens with zero attached hydrogens (tertiary/aromatic N) is 1. The molecule has 0 saturated carbocycles. The molecular weight excluding hydrogens is 319 g/mol. The fourth-order valence-corrected chi connectivity index (χ4v) is 2.29. The molecule has 0 spiro atoms. The number of halogens is 1. The Hall–Kier alpha value is -2.89. The number of amides is 1. The molecule has 0 radical (unpaired) electrons. The molecule has 0 aliphatic carbocycles. The Morgan fingerprint density at radius 3 is 2.56 bits per heavy atom. The number of carbonyl (C=O) groups is 1. The predicted octanol–water partition coefficient (Wildman–Crippen LogP) is 2.69. The first kappa shape index (κ1) is 18.4. The molecule has 0 bridgehead atoms. The van der Waals surface area contributed by atoms with Crippen molar-refractivity contribution in [1.82, 2.24) is 10.6 Å². The van der Waals surface area contributed by atoms with Crippen LogP contribution in [0.15, 0.2) is 53.5 Å². The Morgan fingerprint density at radius 1 is 1.08 bits per heavy atom. The Labute approximate surface area is 147 Å². The van der Waals surface area contributed by atoms with Crippen LogP contribution in [0.4, 0.5) is 10.1 Å². The fraction of sp³-hybridized carbons (Fsp3) is 0.263. The topological polar surface area (TPSA) is 65.5 Å². The third-order valence-corrected chi connectivity index (χ3v) is 3.61. The number of rotatable bonds is 6. The van der Waals surface area contributed by atoms with E-state index in [1.807, 2.05) is 30.3 Å². The predicted molar refractivity (Wildman–Crippen MR) is 99.1 cm³/mol. The van der Waals surface area contributed by atoms with Gasteiger partial charge in [0.05, 0.1) is 6.54 Å². The molecule has 0 fully saturated rings. The van der Waals surface area contributed by atoms with Gasteiger partial charge in [-0.1, -0.05) is 31.2 Å². The van der Waals surface area contributed by atoms with E-state index in [0.29, 0.717) is 12.5 Å². The van der Waals surface area contributed by atoms with E-state index in [1.165, 1.54) is 17.7 Å². The Morgan fingerprint density at radius 2 is 1.84 bits per heavy atom.